The zero-order chi connectivity index (χ0) is 3.58. The van der Waals surface area contributed by atoms with Gasteiger partial charge in [0.25, 0.3) is 0 Å². The van der Waals surface area contributed by atoms with Gasteiger partial charge in [-0.25, -0.2) is 0 Å². The molecule has 0 nitrogen and oxygen atoms in total. The van der Waals surface area contributed by atoms with E-state index < -0.39 is 0 Å². The molecule has 0 saturated heterocycles. The van der Waals surface area contributed by atoms with Crippen molar-refractivity contribution in [3.63, 3.8) is 0 Å². The Morgan fingerprint density at radius 3 is 1.00 bits per heavy atom. The molecule has 2 heteroatoms. The summed E-state index contributed by atoms with van der Waals surface area (Å²) in [5, 5.41) is 0. The third-order valence-electron chi connectivity index (χ3n) is 0. The fourth-order valence-electron chi connectivity index (χ4n) is 0. The topological polar surface area (TPSA) is 0 Å². The van der Waals surface area contributed by atoms with Crippen LogP contribution in [0.25, 0.3) is 0 Å². The molecule has 0 aromatic heterocycles. The molecule has 0 amide bonds. The van der Waals surface area contributed by atoms with Crippen molar-refractivity contribution in [2.24, 2.45) is 0 Å². The molecule has 0 aliphatic heterocycles. The van der Waals surface area contributed by atoms with E-state index in [9.17, 15) is 0 Å². The van der Waals surface area contributed by atoms with Gasteiger partial charge in [-0.05, 0) is 0 Å². The van der Waals surface area contributed by atoms with Crippen molar-refractivity contribution in [1.29, 1.82) is 0 Å². The molecule has 0 aromatic rings. The van der Waals surface area contributed by atoms with E-state index in [-0.39, 0.29) is 32.7 Å². The fraction of sp³-hybridized carbons (Fsp3) is 1.00. The molecule has 0 N–H and O–H groups in total. The van der Waals surface area contributed by atoms with Crippen LogP contribution in [0.4, 0.5) is 0 Å². The summed E-state index contributed by atoms with van der Waals surface area (Å²) in [6.07, 6.45) is 0. The number of hydrogen-bond acceptors (Lipinski definition) is 0. The average Bonchev–Trinajstić information content (AvgIpc) is 0.811. The molecule has 30 valence electrons. The first-order valence-electron chi connectivity index (χ1n) is 1.50. The molecule has 0 saturated carbocycles. The second kappa shape index (κ2) is 5.02. The standard InChI is InChI=1S/C3H9Si.Sn.H/c1-4(2)3;;/h1-3H3;;. The minimum absolute atomic E-state index is 0. The van der Waals surface area contributed by atoms with Gasteiger partial charge in [-0.1, -0.05) is 19.6 Å². The zero-order valence-electron chi connectivity index (χ0n) is 4.08. The van der Waals surface area contributed by atoms with Gasteiger partial charge >= 0.3 is 23.9 Å². The summed E-state index contributed by atoms with van der Waals surface area (Å²) in [4.78, 5) is 0. The molecule has 0 aliphatic rings. The van der Waals surface area contributed by atoms with Crippen LogP contribution in [0, 0.1) is 0 Å². The quantitative estimate of drug-likeness (QED) is 0.497. The van der Waals surface area contributed by atoms with Crippen molar-refractivity contribution >= 4 is 32.7 Å². The zero-order valence-corrected chi connectivity index (χ0v) is 8.37. The summed E-state index contributed by atoms with van der Waals surface area (Å²) in [6.45, 7) is 6.81. The van der Waals surface area contributed by atoms with E-state index in [0.717, 1.165) is 0 Å². The molecular weight excluding hydrogens is 183 g/mol. The predicted octanol–water partition coefficient (Wildman–Crippen LogP) is 0.722. The van der Waals surface area contributed by atoms with E-state index in [2.05, 4.69) is 19.6 Å². The Morgan fingerprint density at radius 1 is 1.00 bits per heavy atom. The van der Waals surface area contributed by atoms with Gasteiger partial charge in [0.1, 0.15) is 0 Å². The Labute approximate surface area is 52.5 Å². The average molecular weight is 193 g/mol. The van der Waals surface area contributed by atoms with Crippen molar-refractivity contribution in [2.75, 3.05) is 0 Å². The molecule has 4 radical (unpaired) electrons. The van der Waals surface area contributed by atoms with Crippen molar-refractivity contribution < 1.29 is 0 Å². The second-order valence-electron chi connectivity index (χ2n) is 1.50. The van der Waals surface area contributed by atoms with Gasteiger partial charge in [0.05, 0.1) is 0 Å². The molecule has 0 bridgehead atoms. The van der Waals surface area contributed by atoms with Crippen molar-refractivity contribution in [3.05, 3.63) is 0 Å². The summed E-state index contributed by atoms with van der Waals surface area (Å²) in [5.41, 5.74) is 0. The van der Waals surface area contributed by atoms with Crippen LogP contribution in [0.3, 0.4) is 0 Å². The second-order valence-corrected chi connectivity index (χ2v) is 4.50. The van der Waals surface area contributed by atoms with Gasteiger partial charge in [-0.15, -0.1) is 0 Å². The van der Waals surface area contributed by atoms with E-state index in [0.29, 0.717) is 0 Å². The molecule has 0 atom stereocenters. The van der Waals surface area contributed by atoms with Gasteiger partial charge in [0.2, 0.25) is 0 Å². The molecule has 0 rings (SSSR count). The minimum atomic E-state index is 0. The maximum atomic E-state index is 2.27. The fourth-order valence-corrected chi connectivity index (χ4v) is 0. The summed E-state index contributed by atoms with van der Waals surface area (Å²) in [7, 11) is 0.120. The summed E-state index contributed by atoms with van der Waals surface area (Å²) >= 11 is 0. The van der Waals surface area contributed by atoms with Crippen LogP contribution in [-0.4, -0.2) is 32.7 Å². The van der Waals surface area contributed by atoms with E-state index in [1.54, 1.807) is 0 Å². The van der Waals surface area contributed by atoms with E-state index in [1.807, 2.05) is 0 Å². The monoisotopic (exact) mass is 194 g/mol. The van der Waals surface area contributed by atoms with E-state index in [4.69, 9.17) is 0 Å². The van der Waals surface area contributed by atoms with Crippen LogP contribution in [0.15, 0.2) is 0 Å². The van der Waals surface area contributed by atoms with Gasteiger partial charge in [0, 0.05) is 8.80 Å². The Kier molecular flexibility index (Phi) is 9.41. The molecule has 0 aliphatic carbocycles. The van der Waals surface area contributed by atoms with Gasteiger partial charge in [0.15, 0.2) is 0 Å². The predicted molar refractivity (Wildman–Crippen MR) is 30.5 cm³/mol. The molecule has 0 heterocycles. The van der Waals surface area contributed by atoms with Gasteiger partial charge in [-0.3, -0.25) is 0 Å². The Hall–Kier alpha value is 1.02. The Balaban J connectivity index is 0. The number of rotatable bonds is 0. The third-order valence-corrected chi connectivity index (χ3v) is 0. The molecule has 0 spiro atoms. The van der Waals surface area contributed by atoms with Crippen LogP contribution < -0.4 is 0 Å². The van der Waals surface area contributed by atoms with Crippen LogP contribution in [0.5, 0.6) is 0 Å². The van der Waals surface area contributed by atoms with Crippen molar-refractivity contribution in [3.8, 4) is 0 Å². The Morgan fingerprint density at radius 2 is 1.00 bits per heavy atom. The van der Waals surface area contributed by atoms with Crippen LogP contribution in [0.2, 0.25) is 19.6 Å². The summed E-state index contributed by atoms with van der Waals surface area (Å²) < 4.78 is 0. The van der Waals surface area contributed by atoms with Gasteiger partial charge < -0.3 is 0 Å². The molecule has 5 heavy (non-hydrogen) atoms. The van der Waals surface area contributed by atoms with Crippen molar-refractivity contribution in [1.82, 2.24) is 0 Å². The molecular formula is C3H10SiSn. The van der Waals surface area contributed by atoms with Crippen LogP contribution >= 0.6 is 0 Å². The number of hydrogen-bond donors (Lipinski definition) is 0. The first-order valence-corrected chi connectivity index (χ1v) is 4.50. The molecule has 0 fully saturated rings. The first kappa shape index (κ1) is 9.38. The summed E-state index contributed by atoms with van der Waals surface area (Å²) in [6, 6.07) is 0. The van der Waals surface area contributed by atoms with E-state index >= 15 is 0 Å². The van der Waals surface area contributed by atoms with Crippen molar-refractivity contribution in [2.45, 2.75) is 19.6 Å². The van der Waals surface area contributed by atoms with Crippen LogP contribution in [0.1, 0.15) is 0 Å². The van der Waals surface area contributed by atoms with Gasteiger partial charge in [-0.2, -0.15) is 0 Å². The molecule has 0 aromatic carbocycles. The third kappa shape index (κ3) is 44.2. The Bertz CT molecular complexity index is 11.6. The van der Waals surface area contributed by atoms with Crippen LogP contribution in [-0.2, 0) is 0 Å². The van der Waals surface area contributed by atoms with E-state index in [1.165, 1.54) is 0 Å². The SMILES string of the molecule is C[Si](C)C.[SnH]. The molecule has 0 unspecified atom stereocenters. The first-order chi connectivity index (χ1) is 1.73. The maximum absolute atomic E-state index is 2.27. The normalized spacial score (nSPS) is 7.20. The summed E-state index contributed by atoms with van der Waals surface area (Å²) in [5.74, 6) is 0.